The van der Waals surface area contributed by atoms with Gasteiger partial charge in [0.25, 0.3) is 0 Å². The number of thiocarbonyl (C=S) groups is 1. The first-order chi connectivity index (χ1) is 7.41. The van der Waals surface area contributed by atoms with Crippen molar-refractivity contribution in [3.8, 4) is 0 Å². The maximum atomic E-state index is 6.04. The molecule has 0 unspecified atom stereocenters. The fourth-order valence-electron chi connectivity index (χ4n) is 1.15. The highest BCUT2D eigenvalue weighted by Crippen LogP contribution is 2.23. The number of halogens is 1. The molecule has 16 heavy (non-hydrogen) atoms. The van der Waals surface area contributed by atoms with Gasteiger partial charge in [-0.25, -0.2) is 5.01 Å². The smallest absolute Gasteiger partial charge is 0.191 e. The number of nitrogens with zero attached hydrogens (tertiary/aromatic N) is 2. The monoisotopic (exact) mass is 255 g/mol. The Labute approximate surface area is 106 Å². The van der Waals surface area contributed by atoms with Crippen molar-refractivity contribution < 1.29 is 0 Å². The minimum atomic E-state index is 0.195. The number of hydrogen-bond acceptors (Lipinski definition) is 2. The molecule has 1 aromatic carbocycles. The average molecular weight is 256 g/mol. The van der Waals surface area contributed by atoms with Crippen molar-refractivity contribution in [2.75, 3.05) is 5.01 Å². The van der Waals surface area contributed by atoms with Crippen molar-refractivity contribution >= 4 is 40.3 Å². The summed E-state index contributed by atoms with van der Waals surface area (Å²) in [4.78, 5) is 0. The Hall–Kier alpha value is -1.13. The molecule has 5 heteroatoms. The Morgan fingerprint density at radius 2 is 2.06 bits per heavy atom. The molecule has 3 nitrogen and oxygen atoms in total. The van der Waals surface area contributed by atoms with E-state index in [-0.39, 0.29) is 5.11 Å². The van der Waals surface area contributed by atoms with Crippen molar-refractivity contribution in [1.29, 1.82) is 0 Å². The maximum Gasteiger partial charge on any atom is 0.191 e. The minimum Gasteiger partial charge on any atom is -0.374 e. The molecule has 0 fully saturated rings. The fourth-order valence-corrected chi connectivity index (χ4v) is 1.47. The first-order valence-corrected chi connectivity index (χ1v) is 5.58. The van der Waals surface area contributed by atoms with Crippen LogP contribution in [0, 0.1) is 6.92 Å². The fraction of sp³-hybridized carbons (Fsp3) is 0.273. The lowest BCUT2D eigenvalue weighted by Crippen LogP contribution is -2.31. The van der Waals surface area contributed by atoms with Gasteiger partial charge in [-0.3, -0.25) is 0 Å². The minimum absolute atomic E-state index is 0.195. The number of aryl methyl sites for hydroxylation is 1. The van der Waals surface area contributed by atoms with E-state index in [1.165, 1.54) is 5.01 Å². The summed E-state index contributed by atoms with van der Waals surface area (Å²) in [7, 11) is 0. The van der Waals surface area contributed by atoms with Crippen molar-refractivity contribution in [3.05, 3.63) is 28.8 Å². The molecule has 1 aromatic rings. The standard InChI is InChI=1S/C11H14ClN3S/c1-7(2)14-15(11(13)16)9-5-4-8(3)10(12)6-9/h4-6H,1-3H3,(H2,13,16). The van der Waals surface area contributed by atoms with Gasteiger partial charge in [0, 0.05) is 10.7 Å². The Morgan fingerprint density at radius 1 is 1.44 bits per heavy atom. The second kappa shape index (κ2) is 5.27. The molecular weight excluding hydrogens is 242 g/mol. The number of anilines is 1. The molecular formula is C11H14ClN3S. The second-order valence-corrected chi connectivity index (χ2v) is 4.46. The number of nitrogens with two attached hydrogens (primary N) is 1. The van der Waals surface area contributed by atoms with E-state index in [1.807, 2.05) is 32.9 Å². The first-order valence-electron chi connectivity index (χ1n) is 4.79. The third-order valence-electron chi connectivity index (χ3n) is 1.91. The van der Waals surface area contributed by atoms with E-state index in [0.717, 1.165) is 17.0 Å². The summed E-state index contributed by atoms with van der Waals surface area (Å²) in [6.07, 6.45) is 0. The normalized spacial score (nSPS) is 9.75. The number of rotatable bonds is 2. The summed E-state index contributed by atoms with van der Waals surface area (Å²) in [6, 6.07) is 5.58. The summed E-state index contributed by atoms with van der Waals surface area (Å²) in [5.74, 6) is 0. The van der Waals surface area contributed by atoms with Crippen LogP contribution in [0.15, 0.2) is 23.3 Å². The van der Waals surface area contributed by atoms with Crippen LogP contribution in [0.5, 0.6) is 0 Å². The van der Waals surface area contributed by atoms with Gasteiger partial charge in [-0.2, -0.15) is 5.10 Å². The van der Waals surface area contributed by atoms with E-state index in [4.69, 9.17) is 29.6 Å². The Morgan fingerprint density at radius 3 is 2.50 bits per heavy atom. The highest BCUT2D eigenvalue weighted by atomic mass is 35.5. The molecule has 1 rings (SSSR count). The third kappa shape index (κ3) is 3.18. The van der Waals surface area contributed by atoms with Gasteiger partial charge < -0.3 is 5.73 Å². The molecule has 0 saturated heterocycles. The van der Waals surface area contributed by atoms with Crippen LogP contribution in [-0.2, 0) is 0 Å². The maximum absolute atomic E-state index is 6.04. The molecule has 0 aliphatic carbocycles. The van der Waals surface area contributed by atoms with Gasteiger partial charge in [-0.05, 0) is 50.7 Å². The summed E-state index contributed by atoms with van der Waals surface area (Å²) >= 11 is 11.0. The summed E-state index contributed by atoms with van der Waals surface area (Å²) in [5, 5.41) is 6.60. The molecule has 0 amide bonds. The molecule has 0 bridgehead atoms. The van der Waals surface area contributed by atoms with Crippen LogP contribution in [0.4, 0.5) is 5.69 Å². The van der Waals surface area contributed by atoms with Crippen molar-refractivity contribution in [1.82, 2.24) is 0 Å². The van der Waals surface area contributed by atoms with Crippen LogP contribution in [-0.4, -0.2) is 10.8 Å². The van der Waals surface area contributed by atoms with Gasteiger partial charge in [0.15, 0.2) is 5.11 Å². The van der Waals surface area contributed by atoms with Crippen LogP contribution < -0.4 is 10.7 Å². The molecule has 0 atom stereocenters. The third-order valence-corrected chi connectivity index (χ3v) is 2.49. The quantitative estimate of drug-likeness (QED) is 0.502. The van der Waals surface area contributed by atoms with Gasteiger partial charge in [0.2, 0.25) is 0 Å². The molecule has 0 spiro atoms. The molecule has 86 valence electrons. The van der Waals surface area contributed by atoms with Gasteiger partial charge >= 0.3 is 0 Å². The van der Waals surface area contributed by atoms with Crippen LogP contribution >= 0.6 is 23.8 Å². The zero-order valence-corrected chi connectivity index (χ0v) is 11.1. The Bertz CT molecular complexity index is 439. The zero-order valence-electron chi connectivity index (χ0n) is 9.49. The number of hydrogen-bond donors (Lipinski definition) is 1. The Balaban J connectivity index is 3.17. The van der Waals surface area contributed by atoms with Gasteiger partial charge in [-0.15, -0.1) is 0 Å². The second-order valence-electron chi connectivity index (χ2n) is 3.63. The molecule has 0 aliphatic rings. The van der Waals surface area contributed by atoms with E-state index >= 15 is 0 Å². The average Bonchev–Trinajstić information content (AvgIpc) is 2.18. The van der Waals surface area contributed by atoms with Crippen molar-refractivity contribution in [2.24, 2.45) is 10.8 Å². The lowest BCUT2D eigenvalue weighted by molar-refractivity contribution is 1.12. The predicted molar refractivity (Wildman–Crippen MR) is 74.2 cm³/mol. The first kappa shape index (κ1) is 12.9. The lowest BCUT2D eigenvalue weighted by atomic mass is 10.2. The largest absolute Gasteiger partial charge is 0.374 e. The number of hydrazone groups is 1. The van der Waals surface area contributed by atoms with E-state index < -0.39 is 0 Å². The van der Waals surface area contributed by atoms with Crippen LogP contribution in [0.3, 0.4) is 0 Å². The molecule has 0 radical (unpaired) electrons. The Kier molecular flexibility index (Phi) is 4.26. The number of benzene rings is 1. The van der Waals surface area contributed by atoms with Gasteiger partial charge in [-0.1, -0.05) is 17.7 Å². The van der Waals surface area contributed by atoms with Crippen LogP contribution in [0.1, 0.15) is 19.4 Å². The van der Waals surface area contributed by atoms with Crippen LogP contribution in [0.25, 0.3) is 0 Å². The van der Waals surface area contributed by atoms with E-state index in [1.54, 1.807) is 6.07 Å². The summed E-state index contributed by atoms with van der Waals surface area (Å²) in [6.45, 7) is 5.69. The van der Waals surface area contributed by atoms with Gasteiger partial charge in [0.1, 0.15) is 0 Å². The van der Waals surface area contributed by atoms with E-state index in [0.29, 0.717) is 5.02 Å². The molecule has 2 N–H and O–H groups in total. The van der Waals surface area contributed by atoms with Crippen molar-refractivity contribution in [2.45, 2.75) is 20.8 Å². The topological polar surface area (TPSA) is 41.6 Å². The summed E-state index contributed by atoms with van der Waals surface area (Å²) in [5.41, 5.74) is 8.25. The zero-order chi connectivity index (χ0) is 12.3. The molecule has 0 saturated carbocycles. The highest BCUT2D eigenvalue weighted by molar-refractivity contribution is 7.80. The summed E-state index contributed by atoms with van der Waals surface area (Å²) < 4.78 is 0. The molecule has 0 aromatic heterocycles. The SMILES string of the molecule is CC(C)=NN(C(N)=S)c1ccc(C)c(Cl)c1. The van der Waals surface area contributed by atoms with Crippen LogP contribution in [0.2, 0.25) is 5.02 Å². The molecule has 0 heterocycles. The van der Waals surface area contributed by atoms with Crippen molar-refractivity contribution in [3.63, 3.8) is 0 Å². The molecule has 0 aliphatic heterocycles. The van der Waals surface area contributed by atoms with E-state index in [2.05, 4.69) is 5.10 Å². The van der Waals surface area contributed by atoms with Gasteiger partial charge in [0.05, 0.1) is 5.69 Å². The predicted octanol–water partition coefficient (Wildman–Crippen LogP) is 3.09. The van der Waals surface area contributed by atoms with E-state index in [9.17, 15) is 0 Å². The lowest BCUT2D eigenvalue weighted by Gasteiger charge is -2.18. The highest BCUT2D eigenvalue weighted by Gasteiger charge is 2.09.